The zero-order chi connectivity index (χ0) is 23.7. The van der Waals surface area contributed by atoms with Crippen molar-refractivity contribution in [3.8, 4) is 11.5 Å². The minimum Gasteiger partial charge on any atom is -0.493 e. The van der Waals surface area contributed by atoms with Crippen LogP contribution in [-0.2, 0) is 19.7 Å². The fourth-order valence-electron chi connectivity index (χ4n) is 4.77. The minimum atomic E-state index is -0.416. The van der Waals surface area contributed by atoms with Crippen LogP contribution in [0.3, 0.4) is 0 Å². The standard InChI is InChI=1S/C27H43NO5/c1-26(2,3)33-25(29)12-15-28-16-13-27(14-17-28)21-32-24-20-22(10-11-23(24)27)31-19-9-7-5-6-8-18-30-4/h10-11,20H,5-9,12-19,21H2,1-4H3. The van der Waals surface area contributed by atoms with Crippen molar-refractivity contribution in [1.82, 2.24) is 4.90 Å². The number of rotatable bonds is 12. The topological polar surface area (TPSA) is 57.2 Å². The Morgan fingerprint density at radius 3 is 2.45 bits per heavy atom. The predicted molar refractivity (Wildman–Crippen MR) is 130 cm³/mol. The van der Waals surface area contributed by atoms with E-state index in [1.54, 1.807) is 7.11 Å². The van der Waals surface area contributed by atoms with Crippen LogP contribution in [0.15, 0.2) is 18.2 Å². The summed E-state index contributed by atoms with van der Waals surface area (Å²) in [5, 5.41) is 0. The van der Waals surface area contributed by atoms with E-state index in [1.807, 2.05) is 20.8 Å². The highest BCUT2D eigenvalue weighted by Gasteiger charge is 2.43. The Bertz CT molecular complexity index is 749. The molecule has 1 aromatic carbocycles. The number of esters is 1. The molecule has 2 aliphatic rings. The highest BCUT2D eigenvalue weighted by molar-refractivity contribution is 5.70. The summed E-state index contributed by atoms with van der Waals surface area (Å²) in [6.07, 6.45) is 8.42. The second-order valence-corrected chi connectivity index (χ2v) is 10.5. The molecule has 1 spiro atoms. The van der Waals surface area contributed by atoms with Crippen molar-refractivity contribution in [3.63, 3.8) is 0 Å². The second-order valence-electron chi connectivity index (χ2n) is 10.5. The Balaban J connectivity index is 1.40. The molecule has 0 aromatic heterocycles. The molecule has 1 saturated heterocycles. The third-order valence-electron chi connectivity index (χ3n) is 6.66. The summed E-state index contributed by atoms with van der Waals surface area (Å²) in [4.78, 5) is 14.4. The van der Waals surface area contributed by atoms with Gasteiger partial charge in [0.25, 0.3) is 0 Å². The van der Waals surface area contributed by atoms with Crippen LogP contribution >= 0.6 is 0 Å². The van der Waals surface area contributed by atoms with Crippen LogP contribution < -0.4 is 9.47 Å². The molecule has 0 radical (unpaired) electrons. The smallest absolute Gasteiger partial charge is 0.307 e. The maximum Gasteiger partial charge on any atom is 0.307 e. The predicted octanol–water partition coefficient (Wildman–Crippen LogP) is 5.12. The number of methoxy groups -OCH3 is 1. The van der Waals surface area contributed by atoms with Crippen molar-refractivity contribution in [2.45, 2.75) is 83.2 Å². The lowest BCUT2D eigenvalue weighted by Crippen LogP contribution is -2.44. The number of piperidine rings is 1. The lowest BCUT2D eigenvalue weighted by Gasteiger charge is -2.38. The number of ether oxygens (including phenoxy) is 4. The fourth-order valence-corrected chi connectivity index (χ4v) is 4.77. The summed E-state index contributed by atoms with van der Waals surface area (Å²) < 4.78 is 22.6. The van der Waals surface area contributed by atoms with E-state index < -0.39 is 5.60 Å². The average Bonchev–Trinajstić information content (AvgIpc) is 3.11. The monoisotopic (exact) mass is 461 g/mol. The summed E-state index contributed by atoms with van der Waals surface area (Å²) in [6, 6.07) is 6.37. The molecule has 6 nitrogen and oxygen atoms in total. The summed E-state index contributed by atoms with van der Waals surface area (Å²) in [7, 11) is 1.76. The summed E-state index contributed by atoms with van der Waals surface area (Å²) in [5.74, 6) is 1.77. The fraction of sp³-hybridized carbons (Fsp3) is 0.741. The summed E-state index contributed by atoms with van der Waals surface area (Å²) >= 11 is 0. The number of benzene rings is 1. The molecule has 0 atom stereocenters. The maximum atomic E-state index is 12.0. The molecule has 1 fully saturated rings. The zero-order valence-electron chi connectivity index (χ0n) is 21.1. The van der Waals surface area contributed by atoms with E-state index in [0.717, 1.165) is 76.6 Å². The lowest BCUT2D eigenvalue weighted by atomic mass is 9.74. The number of unbranched alkanes of at least 4 members (excludes halogenated alkanes) is 4. The molecule has 0 aliphatic carbocycles. The van der Waals surface area contributed by atoms with Gasteiger partial charge in [0.05, 0.1) is 19.6 Å². The van der Waals surface area contributed by atoms with Crippen LogP contribution in [0.2, 0.25) is 0 Å². The Hall–Kier alpha value is -1.79. The van der Waals surface area contributed by atoms with E-state index in [9.17, 15) is 4.79 Å². The Kier molecular flexibility index (Phi) is 9.45. The Morgan fingerprint density at radius 2 is 1.76 bits per heavy atom. The largest absolute Gasteiger partial charge is 0.493 e. The van der Waals surface area contributed by atoms with Gasteiger partial charge in [-0.25, -0.2) is 0 Å². The van der Waals surface area contributed by atoms with Crippen LogP contribution in [0.25, 0.3) is 0 Å². The van der Waals surface area contributed by atoms with E-state index in [2.05, 4.69) is 23.1 Å². The number of carbonyl (C=O) groups is 1. The van der Waals surface area contributed by atoms with Gasteiger partial charge in [0, 0.05) is 37.3 Å². The van der Waals surface area contributed by atoms with Gasteiger partial charge in [-0.15, -0.1) is 0 Å². The third kappa shape index (κ3) is 7.89. The number of fused-ring (bicyclic) bond motifs is 2. The van der Waals surface area contributed by atoms with E-state index in [1.165, 1.54) is 24.8 Å². The van der Waals surface area contributed by atoms with Crippen LogP contribution in [0, 0.1) is 0 Å². The SMILES string of the molecule is COCCCCCCCOc1ccc2c(c1)OCC21CCN(CCC(=O)OC(C)(C)C)CC1. The molecule has 0 amide bonds. The first-order valence-corrected chi connectivity index (χ1v) is 12.6. The maximum absolute atomic E-state index is 12.0. The van der Waals surface area contributed by atoms with E-state index in [-0.39, 0.29) is 11.4 Å². The number of hydrogen-bond donors (Lipinski definition) is 0. The van der Waals surface area contributed by atoms with Crippen molar-refractivity contribution in [1.29, 1.82) is 0 Å². The van der Waals surface area contributed by atoms with Gasteiger partial charge in [0.15, 0.2) is 0 Å². The van der Waals surface area contributed by atoms with Gasteiger partial charge in [-0.1, -0.05) is 25.3 Å². The summed E-state index contributed by atoms with van der Waals surface area (Å²) in [5.41, 5.74) is 0.999. The van der Waals surface area contributed by atoms with Crippen molar-refractivity contribution in [2.24, 2.45) is 0 Å². The molecule has 0 N–H and O–H groups in total. The highest BCUT2D eigenvalue weighted by atomic mass is 16.6. The quantitative estimate of drug-likeness (QED) is 0.318. The molecule has 0 saturated carbocycles. The normalized spacial score (nSPS) is 17.6. The number of nitrogens with zero attached hydrogens (tertiary/aromatic N) is 1. The first-order valence-electron chi connectivity index (χ1n) is 12.6. The molecule has 2 aliphatic heterocycles. The van der Waals surface area contributed by atoms with Gasteiger partial charge in [-0.2, -0.15) is 0 Å². The first kappa shape index (κ1) is 25.8. The van der Waals surface area contributed by atoms with Crippen LogP contribution in [0.4, 0.5) is 0 Å². The van der Waals surface area contributed by atoms with Crippen LogP contribution in [0.1, 0.15) is 77.7 Å². The van der Waals surface area contributed by atoms with Gasteiger partial charge in [-0.05, 0) is 65.6 Å². The summed E-state index contributed by atoms with van der Waals surface area (Å²) in [6.45, 7) is 10.8. The number of hydrogen-bond acceptors (Lipinski definition) is 6. The molecule has 0 unspecified atom stereocenters. The van der Waals surface area contributed by atoms with Gasteiger partial charge in [0.1, 0.15) is 17.1 Å². The zero-order valence-corrected chi connectivity index (χ0v) is 21.1. The number of likely N-dealkylation sites (tertiary alicyclic amines) is 1. The first-order chi connectivity index (χ1) is 15.8. The molecule has 6 heteroatoms. The molecular weight excluding hydrogens is 418 g/mol. The van der Waals surface area contributed by atoms with E-state index in [4.69, 9.17) is 18.9 Å². The molecule has 33 heavy (non-hydrogen) atoms. The van der Waals surface area contributed by atoms with E-state index in [0.29, 0.717) is 6.42 Å². The van der Waals surface area contributed by atoms with Crippen LogP contribution in [0.5, 0.6) is 11.5 Å². The number of carbonyl (C=O) groups excluding carboxylic acids is 1. The van der Waals surface area contributed by atoms with Gasteiger partial charge in [-0.3, -0.25) is 4.79 Å². The Morgan fingerprint density at radius 1 is 1.06 bits per heavy atom. The second kappa shape index (κ2) is 12.1. The van der Waals surface area contributed by atoms with Gasteiger partial charge >= 0.3 is 5.97 Å². The van der Waals surface area contributed by atoms with Crippen molar-refractivity contribution < 1.29 is 23.7 Å². The van der Waals surface area contributed by atoms with E-state index >= 15 is 0 Å². The van der Waals surface area contributed by atoms with Crippen LogP contribution in [-0.4, -0.2) is 63.0 Å². The van der Waals surface area contributed by atoms with Crippen molar-refractivity contribution in [2.75, 3.05) is 46.6 Å². The molecule has 2 heterocycles. The molecular formula is C27H43NO5. The Labute approximate surface area is 199 Å². The lowest BCUT2D eigenvalue weighted by molar-refractivity contribution is -0.155. The van der Waals surface area contributed by atoms with Crippen molar-refractivity contribution >= 4 is 5.97 Å². The molecule has 0 bridgehead atoms. The highest BCUT2D eigenvalue weighted by Crippen LogP contribution is 2.46. The average molecular weight is 462 g/mol. The molecule has 1 aromatic rings. The van der Waals surface area contributed by atoms with Gasteiger partial charge in [0.2, 0.25) is 0 Å². The molecule has 3 rings (SSSR count). The minimum absolute atomic E-state index is 0.0957. The van der Waals surface area contributed by atoms with Gasteiger partial charge < -0.3 is 23.8 Å². The third-order valence-corrected chi connectivity index (χ3v) is 6.66. The molecule has 186 valence electrons. The van der Waals surface area contributed by atoms with Crippen molar-refractivity contribution in [3.05, 3.63) is 23.8 Å².